The molecule has 0 aliphatic carbocycles. The molecule has 2 aromatic heterocycles. The first-order valence-corrected chi connectivity index (χ1v) is 10.3. The number of fused-ring (bicyclic) bond motifs is 3. The number of ether oxygens (including phenoxy) is 2. The summed E-state index contributed by atoms with van der Waals surface area (Å²) in [5.41, 5.74) is 3.27. The summed E-state index contributed by atoms with van der Waals surface area (Å²) in [7, 11) is 3.10. The summed E-state index contributed by atoms with van der Waals surface area (Å²) in [5, 5.41) is 1.48. The van der Waals surface area contributed by atoms with Gasteiger partial charge in [0, 0.05) is 29.6 Å². The van der Waals surface area contributed by atoms with Crippen molar-refractivity contribution in [3.63, 3.8) is 0 Å². The Morgan fingerprint density at radius 1 is 1.11 bits per heavy atom. The summed E-state index contributed by atoms with van der Waals surface area (Å²) in [6.07, 6.45) is 5.51. The number of methoxy groups -OCH3 is 2. The average molecular weight is 435 g/mol. The van der Waals surface area contributed by atoms with Gasteiger partial charge in [0.1, 0.15) is 27.4 Å². The van der Waals surface area contributed by atoms with Crippen LogP contribution >= 0.6 is 35.0 Å². The molecule has 0 spiro atoms. The van der Waals surface area contributed by atoms with Crippen LogP contribution in [0.25, 0.3) is 11.3 Å². The molecular formula is C19H16Cl2N4O2S. The fraction of sp³-hybridized carbons (Fsp3) is 0.211. The highest BCUT2D eigenvalue weighted by molar-refractivity contribution is 7.98. The molecule has 0 atom stereocenters. The quantitative estimate of drug-likeness (QED) is 0.411. The highest BCUT2D eigenvalue weighted by Crippen LogP contribution is 2.51. The van der Waals surface area contributed by atoms with E-state index in [2.05, 4.69) is 15.0 Å². The van der Waals surface area contributed by atoms with Gasteiger partial charge in [0.05, 0.1) is 32.1 Å². The zero-order chi connectivity index (χ0) is 19.8. The first-order valence-electron chi connectivity index (χ1n) is 8.31. The number of hydrogen-bond donors (Lipinski definition) is 0. The Kier molecular flexibility index (Phi) is 5.23. The van der Waals surface area contributed by atoms with Crippen LogP contribution in [0, 0.1) is 0 Å². The molecule has 3 aromatic rings. The van der Waals surface area contributed by atoms with E-state index in [9.17, 15) is 0 Å². The van der Waals surface area contributed by atoms with Crippen LogP contribution in [0.1, 0.15) is 5.56 Å². The maximum absolute atomic E-state index is 6.65. The molecule has 0 saturated carbocycles. The van der Waals surface area contributed by atoms with Crippen molar-refractivity contribution in [1.82, 2.24) is 15.0 Å². The lowest BCUT2D eigenvalue weighted by Gasteiger charge is -2.32. The van der Waals surface area contributed by atoms with Crippen molar-refractivity contribution in [2.45, 2.75) is 11.7 Å². The van der Waals surface area contributed by atoms with Crippen LogP contribution in [0.3, 0.4) is 0 Å². The zero-order valence-corrected chi connectivity index (χ0v) is 17.7. The normalized spacial score (nSPS) is 12.4. The Hall–Kier alpha value is -2.22. The molecule has 6 nitrogen and oxygen atoms in total. The van der Waals surface area contributed by atoms with Crippen molar-refractivity contribution in [3.8, 4) is 22.8 Å². The van der Waals surface area contributed by atoms with E-state index >= 15 is 0 Å². The van der Waals surface area contributed by atoms with Gasteiger partial charge in [-0.15, -0.1) is 0 Å². The molecule has 9 heteroatoms. The van der Waals surface area contributed by atoms with Gasteiger partial charge in [-0.05, 0) is 18.4 Å². The first-order chi connectivity index (χ1) is 13.6. The van der Waals surface area contributed by atoms with E-state index in [0.717, 1.165) is 16.8 Å². The fourth-order valence-electron chi connectivity index (χ4n) is 3.17. The Labute approximate surface area is 176 Å². The standard InChI is InChI=1S/C19H16Cl2N4O2S/c1-26-12-7-13(27-2)15(21)17(14(12)20)25-9-10-8-23-19(28-3)24-16(10)11-5-4-6-22-18(11)25/h4-8H,9H2,1-3H3. The van der Waals surface area contributed by atoms with Gasteiger partial charge in [-0.1, -0.05) is 35.0 Å². The summed E-state index contributed by atoms with van der Waals surface area (Å²) in [5.74, 6) is 1.64. The van der Waals surface area contributed by atoms with E-state index in [0.29, 0.717) is 44.8 Å². The van der Waals surface area contributed by atoms with Crippen LogP contribution in [-0.4, -0.2) is 35.4 Å². The topological polar surface area (TPSA) is 60.4 Å². The summed E-state index contributed by atoms with van der Waals surface area (Å²) in [6, 6.07) is 5.52. The van der Waals surface area contributed by atoms with Crippen molar-refractivity contribution < 1.29 is 9.47 Å². The molecule has 1 aromatic carbocycles. The molecule has 144 valence electrons. The van der Waals surface area contributed by atoms with E-state index < -0.39 is 0 Å². The van der Waals surface area contributed by atoms with Gasteiger partial charge in [0.2, 0.25) is 0 Å². The lowest BCUT2D eigenvalue weighted by atomic mass is 10.0. The number of hydrogen-bond acceptors (Lipinski definition) is 7. The second-order valence-corrected chi connectivity index (χ2v) is 7.48. The highest BCUT2D eigenvalue weighted by atomic mass is 35.5. The number of rotatable bonds is 4. The van der Waals surface area contributed by atoms with E-state index in [1.165, 1.54) is 11.8 Å². The first kappa shape index (κ1) is 19.1. The summed E-state index contributed by atoms with van der Waals surface area (Å²) in [6.45, 7) is 0.462. The lowest BCUT2D eigenvalue weighted by molar-refractivity contribution is 0.394. The number of anilines is 2. The van der Waals surface area contributed by atoms with Crippen molar-refractivity contribution in [1.29, 1.82) is 0 Å². The average Bonchev–Trinajstić information content (AvgIpc) is 2.73. The van der Waals surface area contributed by atoms with E-state index in [1.807, 2.05) is 29.5 Å². The van der Waals surface area contributed by atoms with Crippen LogP contribution in [-0.2, 0) is 6.54 Å². The Bertz CT molecular complexity index is 1040. The maximum Gasteiger partial charge on any atom is 0.187 e. The largest absolute Gasteiger partial charge is 0.495 e. The van der Waals surface area contributed by atoms with E-state index in [4.69, 9.17) is 32.7 Å². The number of benzene rings is 1. The molecule has 1 aliphatic rings. The third-order valence-electron chi connectivity index (χ3n) is 4.47. The summed E-state index contributed by atoms with van der Waals surface area (Å²) < 4.78 is 10.8. The second kappa shape index (κ2) is 7.66. The van der Waals surface area contributed by atoms with Gasteiger partial charge in [-0.25, -0.2) is 15.0 Å². The number of aromatic nitrogens is 3. The van der Waals surface area contributed by atoms with Crippen LogP contribution in [0.2, 0.25) is 10.0 Å². The van der Waals surface area contributed by atoms with Gasteiger partial charge in [0.25, 0.3) is 0 Å². The van der Waals surface area contributed by atoms with E-state index in [-0.39, 0.29) is 0 Å². The predicted molar refractivity (Wildman–Crippen MR) is 112 cm³/mol. The Balaban J connectivity index is 1.96. The molecule has 0 radical (unpaired) electrons. The van der Waals surface area contributed by atoms with Crippen LogP contribution in [0.4, 0.5) is 11.5 Å². The number of pyridine rings is 1. The summed E-state index contributed by atoms with van der Waals surface area (Å²) in [4.78, 5) is 15.6. The molecule has 0 saturated heterocycles. The molecule has 0 fully saturated rings. The van der Waals surface area contributed by atoms with Crippen molar-refractivity contribution in [3.05, 3.63) is 46.2 Å². The Morgan fingerprint density at radius 2 is 1.82 bits per heavy atom. The van der Waals surface area contributed by atoms with Crippen LogP contribution < -0.4 is 14.4 Å². The SMILES string of the molecule is COc1cc(OC)c(Cl)c(N2Cc3cnc(SC)nc3-c3cccnc32)c1Cl. The van der Waals surface area contributed by atoms with Crippen molar-refractivity contribution >= 4 is 46.5 Å². The third kappa shape index (κ3) is 3.03. The van der Waals surface area contributed by atoms with Crippen molar-refractivity contribution in [2.75, 3.05) is 25.4 Å². The predicted octanol–water partition coefficient (Wildman–Crippen LogP) is 5.24. The number of thioether (sulfide) groups is 1. The maximum atomic E-state index is 6.65. The molecule has 0 N–H and O–H groups in total. The molecule has 4 rings (SSSR count). The van der Waals surface area contributed by atoms with Crippen LogP contribution in [0.15, 0.2) is 35.7 Å². The minimum atomic E-state index is 0.384. The second-order valence-electron chi connectivity index (χ2n) is 5.95. The van der Waals surface area contributed by atoms with Gasteiger partial charge in [-0.2, -0.15) is 0 Å². The zero-order valence-electron chi connectivity index (χ0n) is 15.4. The summed E-state index contributed by atoms with van der Waals surface area (Å²) >= 11 is 14.8. The van der Waals surface area contributed by atoms with Crippen LogP contribution in [0.5, 0.6) is 11.5 Å². The molecule has 0 unspecified atom stereocenters. The van der Waals surface area contributed by atoms with Gasteiger partial charge in [-0.3, -0.25) is 0 Å². The molecule has 0 amide bonds. The minimum absolute atomic E-state index is 0.384. The molecule has 28 heavy (non-hydrogen) atoms. The number of halogens is 2. The lowest BCUT2D eigenvalue weighted by Crippen LogP contribution is -2.24. The number of nitrogens with zero attached hydrogens (tertiary/aromatic N) is 4. The minimum Gasteiger partial charge on any atom is -0.495 e. The molecule has 1 aliphatic heterocycles. The third-order valence-corrected chi connectivity index (χ3v) is 5.76. The smallest absolute Gasteiger partial charge is 0.187 e. The highest BCUT2D eigenvalue weighted by Gasteiger charge is 2.31. The van der Waals surface area contributed by atoms with Gasteiger partial charge >= 0.3 is 0 Å². The molecular weight excluding hydrogens is 419 g/mol. The van der Waals surface area contributed by atoms with Gasteiger partial charge < -0.3 is 14.4 Å². The van der Waals surface area contributed by atoms with Crippen molar-refractivity contribution in [2.24, 2.45) is 0 Å². The van der Waals surface area contributed by atoms with E-state index in [1.54, 1.807) is 26.5 Å². The van der Waals surface area contributed by atoms with Gasteiger partial charge in [0.15, 0.2) is 5.16 Å². The monoisotopic (exact) mass is 434 g/mol. The molecule has 3 heterocycles. The molecule has 0 bridgehead atoms. The Morgan fingerprint density at radius 3 is 2.46 bits per heavy atom. The fourth-order valence-corrected chi connectivity index (χ4v) is 4.22.